The second-order valence-electron chi connectivity index (χ2n) is 7.77. The van der Waals surface area contributed by atoms with Crippen molar-refractivity contribution in [1.82, 2.24) is 15.0 Å². The van der Waals surface area contributed by atoms with Gasteiger partial charge in [0.2, 0.25) is 0 Å². The second kappa shape index (κ2) is 9.16. The van der Waals surface area contributed by atoms with Crippen LogP contribution in [-0.2, 0) is 4.74 Å². The third kappa shape index (κ3) is 4.59. The molecule has 2 aromatic heterocycles. The molecule has 0 unspecified atom stereocenters. The number of halogens is 1. The van der Waals surface area contributed by atoms with Crippen LogP contribution in [0.3, 0.4) is 0 Å². The molecule has 1 fully saturated rings. The van der Waals surface area contributed by atoms with Crippen LogP contribution in [0.25, 0.3) is 22.5 Å². The van der Waals surface area contributed by atoms with Gasteiger partial charge in [0.05, 0.1) is 18.7 Å². The van der Waals surface area contributed by atoms with Crippen LogP contribution in [0, 0.1) is 6.92 Å². The number of oxazole rings is 1. The minimum atomic E-state index is -0.549. The summed E-state index contributed by atoms with van der Waals surface area (Å²) in [4.78, 5) is 37.6. The van der Waals surface area contributed by atoms with Gasteiger partial charge in [0.25, 0.3) is 0 Å². The van der Waals surface area contributed by atoms with E-state index in [-0.39, 0.29) is 0 Å². The first kappa shape index (κ1) is 21.9. The van der Waals surface area contributed by atoms with Crippen molar-refractivity contribution in [3.05, 3.63) is 63.7 Å². The van der Waals surface area contributed by atoms with E-state index in [1.807, 2.05) is 19.1 Å². The summed E-state index contributed by atoms with van der Waals surface area (Å²) in [5.74, 6) is 0.763. The fraction of sp³-hybridized carbons (Fsp3) is 0.217. The van der Waals surface area contributed by atoms with Crippen molar-refractivity contribution in [2.24, 2.45) is 0 Å². The van der Waals surface area contributed by atoms with E-state index < -0.39 is 11.8 Å². The molecule has 0 aliphatic carbocycles. The van der Waals surface area contributed by atoms with Crippen LogP contribution in [0.2, 0.25) is 5.15 Å². The molecule has 4 aromatic rings. The van der Waals surface area contributed by atoms with E-state index >= 15 is 0 Å². The lowest BCUT2D eigenvalue weighted by Gasteiger charge is -2.29. The average Bonchev–Trinajstić information content (AvgIpc) is 3.21. The fourth-order valence-corrected chi connectivity index (χ4v) is 3.88. The maximum absolute atomic E-state index is 12.4. The summed E-state index contributed by atoms with van der Waals surface area (Å²) >= 11 is 6.40. The third-order valence-electron chi connectivity index (χ3n) is 5.45. The van der Waals surface area contributed by atoms with Gasteiger partial charge in [0.15, 0.2) is 11.4 Å². The molecule has 0 atom stereocenters. The fourth-order valence-electron chi connectivity index (χ4n) is 3.72. The number of ether oxygens (including phenoxy) is 1. The Balaban J connectivity index is 1.29. The smallest absolute Gasteiger partial charge is 0.408 e. The van der Waals surface area contributed by atoms with Crippen molar-refractivity contribution in [1.29, 1.82) is 0 Å². The molecule has 10 nitrogen and oxygen atoms in total. The van der Waals surface area contributed by atoms with Crippen molar-refractivity contribution in [3.63, 3.8) is 0 Å². The van der Waals surface area contributed by atoms with Crippen LogP contribution in [0.5, 0.6) is 0 Å². The number of hydrogen-bond donors (Lipinski definition) is 3. The van der Waals surface area contributed by atoms with E-state index in [9.17, 15) is 9.59 Å². The molecule has 174 valence electrons. The summed E-state index contributed by atoms with van der Waals surface area (Å²) in [5, 5.41) is 5.90. The predicted octanol–water partition coefficient (Wildman–Crippen LogP) is 4.02. The van der Waals surface area contributed by atoms with Gasteiger partial charge in [-0.05, 0) is 49.4 Å². The summed E-state index contributed by atoms with van der Waals surface area (Å²) in [6.45, 7) is 4.69. The van der Waals surface area contributed by atoms with Gasteiger partial charge in [-0.15, -0.1) is 0 Å². The van der Waals surface area contributed by atoms with Crippen molar-refractivity contribution >= 4 is 45.9 Å². The van der Waals surface area contributed by atoms with Crippen LogP contribution in [-0.4, -0.2) is 47.3 Å². The van der Waals surface area contributed by atoms with Gasteiger partial charge in [-0.25, -0.2) is 19.6 Å². The number of anilines is 3. The number of hydrogen-bond acceptors (Lipinski definition) is 7. The molecule has 0 saturated carbocycles. The second-order valence-corrected chi connectivity index (χ2v) is 8.13. The van der Waals surface area contributed by atoms with Crippen LogP contribution < -0.4 is 21.3 Å². The van der Waals surface area contributed by atoms with Crippen LogP contribution >= 0.6 is 11.6 Å². The summed E-state index contributed by atoms with van der Waals surface area (Å²) in [7, 11) is 0. The first-order valence-corrected chi connectivity index (χ1v) is 11.0. The van der Waals surface area contributed by atoms with Crippen molar-refractivity contribution < 1.29 is 13.9 Å². The summed E-state index contributed by atoms with van der Waals surface area (Å²) in [6.07, 6.45) is 0. The lowest BCUT2D eigenvalue weighted by Crippen LogP contribution is -2.37. The van der Waals surface area contributed by atoms with Crippen molar-refractivity contribution in [3.8, 4) is 11.4 Å². The van der Waals surface area contributed by atoms with E-state index in [4.69, 9.17) is 25.7 Å². The quantitative estimate of drug-likeness (QED) is 0.376. The molecular formula is C23H21ClN6O4. The summed E-state index contributed by atoms with van der Waals surface area (Å²) in [6, 6.07) is 11.6. The molecule has 0 radical (unpaired) electrons. The zero-order chi connectivity index (χ0) is 23.7. The Morgan fingerprint density at radius 3 is 2.53 bits per heavy atom. The van der Waals surface area contributed by atoms with Gasteiger partial charge < -0.3 is 24.7 Å². The molecule has 0 spiro atoms. The van der Waals surface area contributed by atoms with Gasteiger partial charge in [-0.2, -0.15) is 0 Å². The van der Waals surface area contributed by atoms with Gasteiger partial charge in [-0.3, -0.25) is 4.98 Å². The average molecular weight is 481 g/mol. The number of urea groups is 1. The SMILES string of the molecule is Cc1c(Cl)nc(-c2ccc(NC(=O)Nc3ccc4oc(=O)[nH]c4c3)cc2)nc1N1CCOCC1. The minimum absolute atomic E-state index is 0.406. The lowest BCUT2D eigenvalue weighted by molar-refractivity contribution is 0.122. The Morgan fingerprint density at radius 1 is 1.06 bits per heavy atom. The van der Waals surface area contributed by atoms with Crippen LogP contribution in [0.1, 0.15) is 5.56 Å². The molecule has 3 N–H and O–H groups in total. The predicted molar refractivity (Wildman–Crippen MR) is 130 cm³/mol. The maximum atomic E-state index is 12.4. The zero-order valence-electron chi connectivity index (χ0n) is 18.2. The number of carbonyl (C=O) groups excluding carboxylic acids is 1. The van der Waals surface area contributed by atoms with Gasteiger partial charge >= 0.3 is 11.8 Å². The van der Waals surface area contributed by atoms with Crippen LogP contribution in [0.4, 0.5) is 22.0 Å². The molecule has 2 amide bonds. The third-order valence-corrected chi connectivity index (χ3v) is 5.82. The number of nitrogens with one attached hydrogen (secondary N) is 3. The number of carbonyl (C=O) groups is 1. The number of fused-ring (bicyclic) bond motifs is 1. The molecule has 34 heavy (non-hydrogen) atoms. The number of rotatable bonds is 4. The van der Waals surface area contributed by atoms with E-state index in [1.165, 1.54) is 0 Å². The van der Waals surface area contributed by atoms with Crippen LogP contribution in [0.15, 0.2) is 51.7 Å². The first-order chi connectivity index (χ1) is 16.5. The van der Waals surface area contributed by atoms with Gasteiger partial charge in [-0.1, -0.05) is 11.6 Å². The molecular weight excluding hydrogens is 460 g/mol. The molecule has 1 aliphatic heterocycles. The Labute approximate surface area is 198 Å². The summed E-state index contributed by atoms with van der Waals surface area (Å²) < 4.78 is 10.4. The van der Waals surface area contributed by atoms with Gasteiger partial charge in [0.1, 0.15) is 11.0 Å². The van der Waals surface area contributed by atoms with Crippen molar-refractivity contribution in [2.45, 2.75) is 6.92 Å². The van der Waals surface area contributed by atoms with Gasteiger partial charge in [0, 0.05) is 35.6 Å². The Bertz CT molecular complexity index is 1410. The molecule has 0 bridgehead atoms. The molecule has 3 heterocycles. The van der Waals surface area contributed by atoms with E-state index in [0.717, 1.165) is 30.0 Å². The number of aromatic amines is 1. The Kier molecular flexibility index (Phi) is 5.91. The lowest BCUT2D eigenvalue weighted by atomic mass is 10.2. The minimum Gasteiger partial charge on any atom is -0.408 e. The van der Waals surface area contributed by atoms with E-state index in [2.05, 4.69) is 25.5 Å². The number of aromatic nitrogens is 3. The summed E-state index contributed by atoms with van der Waals surface area (Å²) in [5.41, 5.74) is 3.63. The van der Waals surface area contributed by atoms with Crippen molar-refractivity contribution in [2.75, 3.05) is 41.8 Å². The highest BCUT2D eigenvalue weighted by Crippen LogP contribution is 2.28. The molecule has 11 heteroatoms. The number of nitrogens with zero attached hydrogens (tertiary/aromatic N) is 3. The van der Waals surface area contributed by atoms with E-state index in [0.29, 0.717) is 46.7 Å². The number of benzene rings is 2. The number of morpholine rings is 1. The Morgan fingerprint density at radius 2 is 1.76 bits per heavy atom. The molecule has 1 aliphatic rings. The highest BCUT2D eigenvalue weighted by molar-refractivity contribution is 6.30. The monoisotopic (exact) mass is 480 g/mol. The maximum Gasteiger partial charge on any atom is 0.417 e. The standard InChI is InChI=1S/C23H21ClN6O4/c1-13-19(24)28-20(29-21(13)30-8-10-33-11-9-30)14-2-4-15(5-3-14)25-22(31)26-16-6-7-18-17(12-16)27-23(32)34-18/h2-7,12H,8-11H2,1H3,(H,27,32)(H2,25,26,31). The number of H-pyrrole nitrogens is 1. The van der Waals surface area contributed by atoms with E-state index in [1.54, 1.807) is 30.3 Å². The molecule has 2 aromatic carbocycles. The highest BCUT2D eigenvalue weighted by atomic mass is 35.5. The first-order valence-electron chi connectivity index (χ1n) is 10.6. The highest BCUT2D eigenvalue weighted by Gasteiger charge is 2.19. The Hall–Kier alpha value is -3.89. The number of amides is 2. The molecule has 1 saturated heterocycles. The largest absolute Gasteiger partial charge is 0.417 e. The zero-order valence-corrected chi connectivity index (χ0v) is 19.0. The normalized spacial score (nSPS) is 13.8. The topological polar surface area (TPSA) is 125 Å². The molecule has 5 rings (SSSR count).